The molecular formula is C27H31ClN6O2. The van der Waals surface area contributed by atoms with Crippen LogP contribution < -0.4 is 15.4 Å². The Morgan fingerprint density at radius 3 is 2.72 bits per heavy atom. The van der Waals surface area contributed by atoms with Crippen molar-refractivity contribution in [3.05, 3.63) is 76.6 Å². The first-order chi connectivity index (χ1) is 17.5. The van der Waals surface area contributed by atoms with Gasteiger partial charge in [0.2, 0.25) is 0 Å². The van der Waals surface area contributed by atoms with Crippen LogP contribution in [-0.2, 0) is 11.2 Å². The van der Waals surface area contributed by atoms with Gasteiger partial charge in [0, 0.05) is 67.7 Å². The van der Waals surface area contributed by atoms with E-state index in [0.29, 0.717) is 22.8 Å². The SMILES string of the molecule is CN1CCN(CCCOc2ccc(Cc3cc(N/C=C4\C(=O)Nc5ccc(Cl)cc54)[nH]n3)cc2)CC1. The van der Waals surface area contributed by atoms with Crippen molar-refractivity contribution in [1.29, 1.82) is 0 Å². The van der Waals surface area contributed by atoms with Crippen LogP contribution in [-0.4, -0.2) is 72.3 Å². The topological polar surface area (TPSA) is 85.5 Å². The van der Waals surface area contributed by atoms with Gasteiger partial charge in [0.1, 0.15) is 11.6 Å². The number of halogens is 1. The Bertz CT molecular complexity index is 1230. The van der Waals surface area contributed by atoms with E-state index in [1.807, 2.05) is 18.2 Å². The Hall–Kier alpha value is -3.33. The highest BCUT2D eigenvalue weighted by atomic mass is 35.5. The van der Waals surface area contributed by atoms with E-state index in [9.17, 15) is 4.79 Å². The third-order valence-corrected chi connectivity index (χ3v) is 6.79. The fraction of sp³-hybridized carbons (Fsp3) is 0.333. The number of aromatic nitrogens is 2. The molecule has 1 saturated heterocycles. The minimum absolute atomic E-state index is 0.166. The molecule has 3 N–H and O–H groups in total. The summed E-state index contributed by atoms with van der Waals surface area (Å²) in [4.78, 5) is 17.2. The van der Waals surface area contributed by atoms with E-state index in [-0.39, 0.29) is 5.91 Å². The largest absolute Gasteiger partial charge is 0.494 e. The van der Waals surface area contributed by atoms with E-state index >= 15 is 0 Å². The molecule has 0 bridgehead atoms. The predicted molar refractivity (Wildman–Crippen MR) is 144 cm³/mol. The Morgan fingerprint density at radius 2 is 1.92 bits per heavy atom. The molecule has 0 atom stereocenters. The first-order valence-corrected chi connectivity index (χ1v) is 12.7. The third-order valence-electron chi connectivity index (χ3n) is 6.56. The van der Waals surface area contributed by atoms with Crippen molar-refractivity contribution < 1.29 is 9.53 Å². The van der Waals surface area contributed by atoms with Gasteiger partial charge in [-0.3, -0.25) is 9.89 Å². The number of nitrogens with zero attached hydrogens (tertiary/aromatic N) is 3. The van der Waals surface area contributed by atoms with Gasteiger partial charge in [-0.15, -0.1) is 0 Å². The van der Waals surface area contributed by atoms with Crippen LogP contribution in [0.3, 0.4) is 0 Å². The Morgan fingerprint density at radius 1 is 1.11 bits per heavy atom. The van der Waals surface area contributed by atoms with E-state index in [1.54, 1.807) is 24.4 Å². The molecule has 2 aromatic carbocycles. The maximum absolute atomic E-state index is 12.3. The lowest BCUT2D eigenvalue weighted by Crippen LogP contribution is -2.44. The number of amides is 1. The first kappa shape index (κ1) is 24.4. The van der Waals surface area contributed by atoms with Gasteiger partial charge in [0.05, 0.1) is 17.9 Å². The monoisotopic (exact) mass is 506 g/mol. The normalized spacial score (nSPS) is 17.3. The molecule has 188 valence electrons. The van der Waals surface area contributed by atoms with Gasteiger partial charge in [-0.25, -0.2) is 0 Å². The second kappa shape index (κ2) is 11.2. The van der Waals surface area contributed by atoms with Gasteiger partial charge in [0.15, 0.2) is 0 Å². The summed E-state index contributed by atoms with van der Waals surface area (Å²) in [5.41, 5.74) is 4.11. The minimum atomic E-state index is -0.166. The van der Waals surface area contributed by atoms with Crippen LogP contribution in [0.5, 0.6) is 5.75 Å². The van der Waals surface area contributed by atoms with Crippen LogP contribution in [0, 0.1) is 0 Å². The maximum atomic E-state index is 12.3. The highest BCUT2D eigenvalue weighted by Gasteiger charge is 2.24. The third kappa shape index (κ3) is 6.07. The highest BCUT2D eigenvalue weighted by molar-refractivity contribution is 6.34. The van der Waals surface area contributed by atoms with Crippen molar-refractivity contribution in [1.82, 2.24) is 20.0 Å². The lowest BCUT2D eigenvalue weighted by Gasteiger charge is -2.32. The number of rotatable bonds is 9. The van der Waals surface area contributed by atoms with Crippen molar-refractivity contribution in [2.75, 3.05) is 57.0 Å². The number of H-pyrrole nitrogens is 1. The van der Waals surface area contributed by atoms with Gasteiger partial charge in [-0.2, -0.15) is 5.10 Å². The summed E-state index contributed by atoms with van der Waals surface area (Å²) in [6.07, 6.45) is 3.40. The molecule has 1 amide bonds. The fourth-order valence-electron chi connectivity index (χ4n) is 4.44. The number of piperazine rings is 1. The number of benzene rings is 2. The van der Waals surface area contributed by atoms with Gasteiger partial charge in [-0.1, -0.05) is 23.7 Å². The number of nitrogens with one attached hydrogen (secondary N) is 3. The number of fused-ring (bicyclic) bond motifs is 1. The number of carbonyl (C=O) groups excluding carboxylic acids is 1. The quantitative estimate of drug-likeness (QED) is 0.299. The molecule has 0 spiro atoms. The van der Waals surface area contributed by atoms with E-state index in [0.717, 1.165) is 74.0 Å². The van der Waals surface area contributed by atoms with Gasteiger partial charge in [0.25, 0.3) is 5.91 Å². The zero-order valence-corrected chi connectivity index (χ0v) is 21.1. The summed E-state index contributed by atoms with van der Waals surface area (Å²) >= 11 is 6.09. The number of carbonyl (C=O) groups is 1. The van der Waals surface area contributed by atoms with E-state index < -0.39 is 0 Å². The molecule has 0 aliphatic carbocycles. The lowest BCUT2D eigenvalue weighted by atomic mass is 10.1. The second-order valence-electron chi connectivity index (χ2n) is 9.29. The smallest absolute Gasteiger partial charge is 0.257 e. The Balaban J connectivity index is 1.09. The summed E-state index contributed by atoms with van der Waals surface area (Å²) in [6, 6.07) is 15.5. The molecule has 0 saturated carbocycles. The Labute approximate surface area is 216 Å². The number of anilines is 2. The van der Waals surface area contributed by atoms with E-state index in [2.05, 4.69) is 49.8 Å². The van der Waals surface area contributed by atoms with Crippen molar-refractivity contribution in [2.45, 2.75) is 12.8 Å². The molecule has 2 aliphatic rings. The van der Waals surface area contributed by atoms with Crippen molar-refractivity contribution >= 4 is 34.6 Å². The molecule has 3 heterocycles. The predicted octanol–water partition coefficient (Wildman–Crippen LogP) is 4.08. The van der Waals surface area contributed by atoms with Crippen molar-refractivity contribution in [3.8, 4) is 5.75 Å². The number of likely N-dealkylation sites (N-methyl/N-ethyl adjacent to an activating group) is 1. The standard InChI is InChI=1S/C27H31ClN6O2/c1-33-10-12-34(13-11-33)9-2-14-36-22-6-3-19(4-7-22)15-21-17-26(32-31-21)29-18-24-23-16-20(28)5-8-25(23)30-27(24)35/h3-8,16-18H,2,9-15H2,1H3,(H,30,35)(H2,29,31,32)/b24-18-. The molecule has 1 aromatic heterocycles. The van der Waals surface area contributed by atoms with E-state index in [4.69, 9.17) is 16.3 Å². The van der Waals surface area contributed by atoms with Gasteiger partial charge >= 0.3 is 0 Å². The zero-order chi connectivity index (χ0) is 24.9. The number of ether oxygens (including phenoxy) is 1. The minimum Gasteiger partial charge on any atom is -0.494 e. The van der Waals surface area contributed by atoms with Crippen molar-refractivity contribution in [3.63, 3.8) is 0 Å². The Kier molecular flexibility index (Phi) is 7.55. The average molecular weight is 507 g/mol. The molecule has 0 unspecified atom stereocenters. The molecule has 3 aromatic rings. The van der Waals surface area contributed by atoms with Gasteiger partial charge < -0.3 is 25.2 Å². The highest BCUT2D eigenvalue weighted by Crippen LogP contribution is 2.33. The van der Waals surface area contributed by atoms with E-state index in [1.165, 1.54) is 0 Å². The van der Waals surface area contributed by atoms with Crippen LogP contribution in [0.15, 0.2) is 54.7 Å². The molecule has 8 nitrogen and oxygen atoms in total. The summed E-state index contributed by atoms with van der Waals surface area (Å²) in [5, 5.41) is 13.9. The first-order valence-electron chi connectivity index (χ1n) is 12.3. The molecule has 9 heteroatoms. The number of aromatic amines is 1. The van der Waals surface area contributed by atoms with Crippen LogP contribution >= 0.6 is 11.6 Å². The summed E-state index contributed by atoms with van der Waals surface area (Å²) < 4.78 is 5.93. The van der Waals surface area contributed by atoms with Crippen LogP contribution in [0.1, 0.15) is 23.2 Å². The zero-order valence-electron chi connectivity index (χ0n) is 20.4. The average Bonchev–Trinajstić information content (AvgIpc) is 3.45. The summed E-state index contributed by atoms with van der Waals surface area (Å²) in [5.74, 6) is 1.44. The molecular weight excluding hydrogens is 476 g/mol. The second-order valence-corrected chi connectivity index (χ2v) is 9.72. The van der Waals surface area contributed by atoms with Crippen LogP contribution in [0.4, 0.5) is 11.5 Å². The van der Waals surface area contributed by atoms with Crippen LogP contribution in [0.25, 0.3) is 5.57 Å². The molecule has 1 fully saturated rings. The van der Waals surface area contributed by atoms with Crippen LogP contribution in [0.2, 0.25) is 5.02 Å². The summed E-state index contributed by atoms with van der Waals surface area (Å²) in [7, 11) is 2.18. The lowest BCUT2D eigenvalue weighted by molar-refractivity contribution is -0.110. The van der Waals surface area contributed by atoms with Crippen molar-refractivity contribution in [2.24, 2.45) is 0 Å². The molecule has 0 radical (unpaired) electrons. The number of hydrogen-bond donors (Lipinski definition) is 3. The molecule has 2 aliphatic heterocycles. The summed E-state index contributed by atoms with van der Waals surface area (Å²) in [6.45, 7) is 6.40. The molecule has 5 rings (SSSR count). The van der Waals surface area contributed by atoms with Gasteiger partial charge in [-0.05, 0) is 49.4 Å². The maximum Gasteiger partial charge on any atom is 0.257 e. The fourth-order valence-corrected chi connectivity index (χ4v) is 4.62. The molecule has 36 heavy (non-hydrogen) atoms. The number of hydrogen-bond acceptors (Lipinski definition) is 6.